The van der Waals surface area contributed by atoms with Gasteiger partial charge >= 0.3 is 0 Å². The quantitative estimate of drug-likeness (QED) is 0.625. The molecule has 0 unspecified atom stereocenters. The molecule has 2 aromatic rings. The summed E-state index contributed by atoms with van der Waals surface area (Å²) in [5.41, 5.74) is 8.85. The van der Waals surface area contributed by atoms with Crippen LogP contribution in [-0.2, 0) is 6.54 Å². The van der Waals surface area contributed by atoms with Gasteiger partial charge in [0.2, 0.25) is 0 Å². The van der Waals surface area contributed by atoms with Crippen LogP contribution in [0.25, 0.3) is 11.1 Å². The van der Waals surface area contributed by atoms with Crippen molar-refractivity contribution in [2.75, 3.05) is 0 Å². The fourth-order valence-electron chi connectivity index (χ4n) is 2.00. The number of hydrogen-bond acceptors (Lipinski definition) is 2. The fourth-order valence-corrected chi connectivity index (χ4v) is 2.00. The molecule has 0 aliphatic carbocycles. The largest absolute Gasteiger partial charge is 0.457 e. The summed E-state index contributed by atoms with van der Waals surface area (Å²) in [7, 11) is 0. The molecule has 0 aliphatic rings. The predicted octanol–water partition coefficient (Wildman–Crippen LogP) is 4.45. The lowest BCUT2D eigenvalue weighted by atomic mass is 10.0. The Hall–Kier alpha value is -2.58. The van der Waals surface area contributed by atoms with E-state index in [1.54, 1.807) is 18.2 Å². The monoisotopic (exact) mass is 277 g/mol. The summed E-state index contributed by atoms with van der Waals surface area (Å²) >= 11 is 0. The average molecular weight is 277 g/mol. The van der Waals surface area contributed by atoms with Crippen molar-refractivity contribution < 1.29 is 4.74 Å². The van der Waals surface area contributed by atoms with Crippen molar-refractivity contribution in [1.82, 2.24) is 0 Å². The van der Waals surface area contributed by atoms with Gasteiger partial charge in [-0.25, -0.2) is 0 Å². The van der Waals surface area contributed by atoms with E-state index in [0.717, 1.165) is 22.4 Å². The molecule has 2 aromatic carbocycles. The number of ether oxygens (including phenoxy) is 1. The summed E-state index contributed by atoms with van der Waals surface area (Å²) in [4.78, 5) is 0. The Bertz CT molecular complexity index is 654. The third-order valence-electron chi connectivity index (χ3n) is 3.10. The summed E-state index contributed by atoms with van der Waals surface area (Å²) in [6, 6.07) is 16.1. The van der Waals surface area contributed by atoms with Crippen LogP contribution in [0, 0.1) is 0 Å². The lowest BCUT2D eigenvalue weighted by molar-refractivity contribution is 0.446. The normalized spacial score (nSPS) is 11.0. The molecular weight excluding hydrogens is 258 g/mol. The van der Waals surface area contributed by atoms with Crippen molar-refractivity contribution >= 4 is 0 Å². The van der Waals surface area contributed by atoms with Crippen LogP contribution in [0.15, 0.2) is 85.7 Å². The highest BCUT2D eigenvalue weighted by Crippen LogP contribution is 2.31. The number of allylic oxidation sites excluding steroid dienone is 3. The second kappa shape index (κ2) is 7.27. The summed E-state index contributed by atoms with van der Waals surface area (Å²) in [6.07, 6.45) is 5.12. The van der Waals surface area contributed by atoms with Gasteiger partial charge < -0.3 is 10.5 Å². The molecule has 2 nitrogen and oxygen atoms in total. The van der Waals surface area contributed by atoms with Gasteiger partial charge in [-0.15, -0.1) is 0 Å². The molecular formula is C19H19NO. The zero-order chi connectivity index (χ0) is 15.1. The molecule has 0 atom stereocenters. The predicted molar refractivity (Wildman–Crippen MR) is 88.9 cm³/mol. The maximum absolute atomic E-state index is 5.89. The molecule has 0 aliphatic heterocycles. The van der Waals surface area contributed by atoms with Crippen molar-refractivity contribution in [2.24, 2.45) is 5.73 Å². The molecule has 0 radical (unpaired) electrons. The number of para-hydroxylation sites is 1. The fraction of sp³-hybridized carbons (Fsp3) is 0.0526. The second-order valence-electron chi connectivity index (χ2n) is 4.51. The Morgan fingerprint density at radius 3 is 2.38 bits per heavy atom. The van der Waals surface area contributed by atoms with Crippen molar-refractivity contribution in [3.8, 4) is 16.9 Å². The van der Waals surface area contributed by atoms with Gasteiger partial charge in [-0.2, -0.15) is 0 Å². The maximum atomic E-state index is 5.89. The zero-order valence-corrected chi connectivity index (χ0v) is 12.0. The molecule has 0 fully saturated rings. The standard InChI is InChI=1S/C19H19NO/c1-3-7-17(4-2)21-19-9-6-5-8-18(19)16-12-10-15(14-20)11-13-16/h3-13H,1-2,14,20H2/b17-7+. The van der Waals surface area contributed by atoms with E-state index in [1.807, 2.05) is 36.4 Å². The van der Waals surface area contributed by atoms with Crippen LogP contribution in [0.4, 0.5) is 0 Å². The van der Waals surface area contributed by atoms with Crippen LogP contribution in [0.2, 0.25) is 0 Å². The van der Waals surface area contributed by atoms with E-state index in [1.165, 1.54) is 0 Å². The van der Waals surface area contributed by atoms with Crippen LogP contribution in [0.3, 0.4) is 0 Å². The average Bonchev–Trinajstić information content (AvgIpc) is 2.55. The molecule has 2 heteroatoms. The minimum absolute atomic E-state index is 0.543. The number of benzene rings is 2. The molecule has 2 N–H and O–H groups in total. The van der Waals surface area contributed by atoms with Crippen LogP contribution >= 0.6 is 0 Å². The molecule has 0 amide bonds. The Kier molecular flexibility index (Phi) is 5.13. The molecule has 0 heterocycles. The molecule has 2 rings (SSSR count). The summed E-state index contributed by atoms with van der Waals surface area (Å²) in [6.45, 7) is 7.96. The van der Waals surface area contributed by atoms with Gasteiger partial charge in [-0.3, -0.25) is 0 Å². The van der Waals surface area contributed by atoms with E-state index in [2.05, 4.69) is 25.3 Å². The molecule has 0 saturated carbocycles. The highest BCUT2D eigenvalue weighted by Gasteiger charge is 2.06. The highest BCUT2D eigenvalue weighted by molar-refractivity contribution is 5.70. The van der Waals surface area contributed by atoms with E-state index in [0.29, 0.717) is 12.3 Å². The topological polar surface area (TPSA) is 35.2 Å². The third-order valence-corrected chi connectivity index (χ3v) is 3.10. The Morgan fingerprint density at radius 1 is 1.05 bits per heavy atom. The lowest BCUT2D eigenvalue weighted by Gasteiger charge is -2.12. The lowest BCUT2D eigenvalue weighted by Crippen LogP contribution is -1.96. The number of nitrogens with two attached hydrogens (primary N) is 1. The Labute approximate surface area is 125 Å². The van der Waals surface area contributed by atoms with Crippen molar-refractivity contribution in [3.05, 3.63) is 91.2 Å². The first-order valence-corrected chi connectivity index (χ1v) is 6.80. The molecule has 106 valence electrons. The van der Waals surface area contributed by atoms with Crippen molar-refractivity contribution in [1.29, 1.82) is 0 Å². The Morgan fingerprint density at radius 2 is 1.76 bits per heavy atom. The van der Waals surface area contributed by atoms with Crippen LogP contribution in [0.5, 0.6) is 5.75 Å². The first-order valence-electron chi connectivity index (χ1n) is 6.80. The van der Waals surface area contributed by atoms with Gasteiger partial charge in [-0.05, 0) is 29.3 Å². The maximum Gasteiger partial charge on any atom is 0.135 e. The van der Waals surface area contributed by atoms with E-state index in [-0.39, 0.29) is 0 Å². The zero-order valence-electron chi connectivity index (χ0n) is 12.0. The highest BCUT2D eigenvalue weighted by atomic mass is 16.5. The minimum Gasteiger partial charge on any atom is -0.457 e. The summed E-state index contributed by atoms with van der Waals surface area (Å²) in [5, 5.41) is 0. The van der Waals surface area contributed by atoms with Gasteiger partial charge in [0.1, 0.15) is 11.5 Å². The van der Waals surface area contributed by atoms with Gasteiger partial charge in [-0.1, -0.05) is 61.7 Å². The first-order chi connectivity index (χ1) is 10.3. The SMILES string of the molecule is C=C/C=C(\C=C)Oc1ccccc1-c1ccc(CN)cc1. The minimum atomic E-state index is 0.543. The van der Waals surface area contributed by atoms with Crippen LogP contribution in [0.1, 0.15) is 5.56 Å². The smallest absolute Gasteiger partial charge is 0.135 e. The van der Waals surface area contributed by atoms with E-state index in [4.69, 9.17) is 10.5 Å². The van der Waals surface area contributed by atoms with Crippen molar-refractivity contribution in [2.45, 2.75) is 6.54 Å². The van der Waals surface area contributed by atoms with Gasteiger partial charge in [0, 0.05) is 12.1 Å². The Balaban J connectivity index is 2.37. The molecule has 0 saturated heterocycles. The second-order valence-corrected chi connectivity index (χ2v) is 4.51. The van der Waals surface area contributed by atoms with Gasteiger partial charge in [0.15, 0.2) is 0 Å². The summed E-state index contributed by atoms with van der Waals surface area (Å²) in [5.74, 6) is 1.45. The van der Waals surface area contributed by atoms with E-state index >= 15 is 0 Å². The summed E-state index contributed by atoms with van der Waals surface area (Å²) < 4.78 is 5.89. The van der Waals surface area contributed by atoms with Gasteiger partial charge in [0.25, 0.3) is 0 Å². The van der Waals surface area contributed by atoms with Crippen LogP contribution in [-0.4, -0.2) is 0 Å². The van der Waals surface area contributed by atoms with Gasteiger partial charge in [0.05, 0.1) is 0 Å². The van der Waals surface area contributed by atoms with Crippen molar-refractivity contribution in [3.63, 3.8) is 0 Å². The van der Waals surface area contributed by atoms with E-state index in [9.17, 15) is 0 Å². The molecule has 21 heavy (non-hydrogen) atoms. The number of rotatable bonds is 6. The molecule has 0 aromatic heterocycles. The third kappa shape index (κ3) is 3.71. The molecule has 0 bridgehead atoms. The molecule has 0 spiro atoms. The van der Waals surface area contributed by atoms with E-state index < -0.39 is 0 Å². The number of hydrogen-bond donors (Lipinski definition) is 1. The van der Waals surface area contributed by atoms with Crippen LogP contribution < -0.4 is 10.5 Å². The first kappa shape index (κ1) is 14.8.